The smallest absolute Gasteiger partial charge is 0.244 e. The van der Waals surface area contributed by atoms with Crippen molar-refractivity contribution >= 4 is 0 Å². The van der Waals surface area contributed by atoms with Crippen molar-refractivity contribution in [2.45, 2.75) is 31.7 Å². The van der Waals surface area contributed by atoms with Crippen molar-refractivity contribution in [1.82, 2.24) is 15.5 Å². The van der Waals surface area contributed by atoms with Crippen LogP contribution in [0.2, 0.25) is 0 Å². The van der Waals surface area contributed by atoms with Gasteiger partial charge < -0.3 is 14.6 Å². The summed E-state index contributed by atoms with van der Waals surface area (Å²) in [7, 11) is 1.65. The monoisotopic (exact) mass is 273 g/mol. The van der Waals surface area contributed by atoms with Crippen LogP contribution in [0.3, 0.4) is 0 Å². The number of benzene rings is 1. The van der Waals surface area contributed by atoms with E-state index in [1.807, 2.05) is 24.3 Å². The highest BCUT2D eigenvalue weighted by atomic mass is 16.5. The normalized spacial score (nSPS) is 19.6. The third-order valence-corrected chi connectivity index (χ3v) is 3.65. The second kappa shape index (κ2) is 6.05. The van der Waals surface area contributed by atoms with Gasteiger partial charge in [0.15, 0.2) is 0 Å². The van der Waals surface area contributed by atoms with Crippen LogP contribution in [0.4, 0.5) is 0 Å². The largest absolute Gasteiger partial charge is 0.497 e. The molecule has 0 radical (unpaired) electrons. The van der Waals surface area contributed by atoms with Crippen LogP contribution in [-0.4, -0.2) is 23.8 Å². The summed E-state index contributed by atoms with van der Waals surface area (Å²) in [6.07, 6.45) is 4.75. The van der Waals surface area contributed by atoms with Crippen molar-refractivity contribution in [3.05, 3.63) is 30.2 Å². The van der Waals surface area contributed by atoms with E-state index < -0.39 is 0 Å². The van der Waals surface area contributed by atoms with Crippen LogP contribution in [-0.2, 0) is 0 Å². The SMILES string of the molecule is COc1ccc(-c2noc(C3CCCCCN3)n2)cc1. The summed E-state index contributed by atoms with van der Waals surface area (Å²) < 4.78 is 10.6. The molecule has 3 rings (SSSR count). The van der Waals surface area contributed by atoms with Crippen LogP contribution in [0.5, 0.6) is 5.75 Å². The molecule has 0 bridgehead atoms. The standard InChI is InChI=1S/C15H19N3O2/c1-19-12-8-6-11(7-9-12)14-17-15(20-18-14)13-5-3-2-4-10-16-13/h6-9,13,16H,2-5,10H2,1H3. The van der Waals surface area contributed by atoms with Crippen LogP contribution >= 0.6 is 0 Å². The van der Waals surface area contributed by atoms with Crippen LogP contribution < -0.4 is 10.1 Å². The van der Waals surface area contributed by atoms with Gasteiger partial charge in [-0.1, -0.05) is 18.0 Å². The minimum atomic E-state index is 0.192. The van der Waals surface area contributed by atoms with E-state index in [2.05, 4.69) is 15.5 Å². The zero-order valence-electron chi connectivity index (χ0n) is 11.6. The Hall–Kier alpha value is -1.88. The Balaban J connectivity index is 1.78. The van der Waals surface area contributed by atoms with Gasteiger partial charge in [-0.3, -0.25) is 0 Å². The average molecular weight is 273 g/mol. The quantitative estimate of drug-likeness (QED) is 0.931. The maximum Gasteiger partial charge on any atom is 0.244 e. The Morgan fingerprint density at radius 1 is 1.20 bits per heavy atom. The zero-order valence-corrected chi connectivity index (χ0v) is 11.6. The number of aromatic nitrogens is 2. The van der Waals surface area contributed by atoms with Gasteiger partial charge in [0.2, 0.25) is 11.7 Å². The van der Waals surface area contributed by atoms with E-state index >= 15 is 0 Å². The fourth-order valence-corrected chi connectivity index (χ4v) is 2.47. The predicted molar refractivity (Wildman–Crippen MR) is 75.5 cm³/mol. The lowest BCUT2D eigenvalue weighted by Crippen LogP contribution is -2.20. The van der Waals surface area contributed by atoms with E-state index in [0.717, 1.165) is 24.3 Å². The summed E-state index contributed by atoms with van der Waals surface area (Å²) in [5, 5.41) is 7.55. The number of hydrogen-bond donors (Lipinski definition) is 1. The van der Waals surface area contributed by atoms with Crippen molar-refractivity contribution in [3.63, 3.8) is 0 Å². The lowest BCUT2D eigenvalue weighted by molar-refractivity contribution is 0.327. The lowest BCUT2D eigenvalue weighted by atomic mass is 10.1. The Labute approximate surface area is 118 Å². The number of hydrogen-bond acceptors (Lipinski definition) is 5. The Morgan fingerprint density at radius 2 is 2.05 bits per heavy atom. The first-order valence-electron chi connectivity index (χ1n) is 7.08. The molecule has 0 amide bonds. The number of methoxy groups -OCH3 is 1. The van der Waals surface area contributed by atoms with Crippen LogP contribution in [0.1, 0.15) is 37.6 Å². The van der Waals surface area contributed by atoms with Gasteiger partial charge in [0, 0.05) is 5.56 Å². The molecule has 1 fully saturated rings. The van der Waals surface area contributed by atoms with Crippen molar-refractivity contribution < 1.29 is 9.26 Å². The average Bonchev–Trinajstić information content (AvgIpc) is 2.83. The lowest BCUT2D eigenvalue weighted by Gasteiger charge is -2.09. The first-order valence-corrected chi connectivity index (χ1v) is 7.08. The fourth-order valence-electron chi connectivity index (χ4n) is 2.47. The minimum Gasteiger partial charge on any atom is -0.497 e. The summed E-state index contributed by atoms with van der Waals surface area (Å²) in [5.74, 6) is 2.15. The maximum atomic E-state index is 5.42. The van der Waals surface area contributed by atoms with Gasteiger partial charge in [-0.15, -0.1) is 0 Å². The van der Waals surface area contributed by atoms with E-state index in [1.54, 1.807) is 7.11 Å². The fraction of sp³-hybridized carbons (Fsp3) is 0.467. The summed E-state index contributed by atoms with van der Waals surface area (Å²) in [4.78, 5) is 4.52. The van der Waals surface area contributed by atoms with Crippen LogP contribution in [0, 0.1) is 0 Å². The van der Waals surface area contributed by atoms with Crippen molar-refractivity contribution in [2.75, 3.05) is 13.7 Å². The molecule has 20 heavy (non-hydrogen) atoms. The van der Waals surface area contributed by atoms with Crippen molar-refractivity contribution in [1.29, 1.82) is 0 Å². The predicted octanol–water partition coefficient (Wildman–Crippen LogP) is 2.95. The summed E-state index contributed by atoms with van der Waals surface area (Å²) in [6, 6.07) is 7.86. The molecule has 1 aliphatic heterocycles. The van der Waals surface area contributed by atoms with Gasteiger partial charge in [0.25, 0.3) is 0 Å². The molecule has 0 spiro atoms. The molecule has 1 saturated heterocycles. The molecule has 2 aromatic rings. The number of rotatable bonds is 3. The van der Waals surface area contributed by atoms with Gasteiger partial charge in [0.1, 0.15) is 5.75 Å². The molecular formula is C15H19N3O2. The van der Waals surface area contributed by atoms with E-state index in [1.165, 1.54) is 19.3 Å². The van der Waals surface area contributed by atoms with E-state index in [9.17, 15) is 0 Å². The number of ether oxygens (including phenoxy) is 1. The molecule has 0 aliphatic carbocycles. The van der Waals surface area contributed by atoms with Gasteiger partial charge in [-0.25, -0.2) is 0 Å². The van der Waals surface area contributed by atoms with E-state index in [4.69, 9.17) is 9.26 Å². The highest BCUT2D eigenvalue weighted by Crippen LogP contribution is 2.25. The molecule has 1 aliphatic rings. The third kappa shape index (κ3) is 2.82. The molecule has 106 valence electrons. The molecule has 1 aromatic carbocycles. The number of nitrogens with one attached hydrogen (secondary N) is 1. The molecule has 5 heteroatoms. The highest BCUT2D eigenvalue weighted by molar-refractivity contribution is 5.55. The van der Waals surface area contributed by atoms with Gasteiger partial charge >= 0.3 is 0 Å². The topological polar surface area (TPSA) is 60.2 Å². The minimum absolute atomic E-state index is 0.192. The molecule has 5 nitrogen and oxygen atoms in total. The maximum absolute atomic E-state index is 5.42. The van der Waals surface area contributed by atoms with Crippen molar-refractivity contribution in [3.8, 4) is 17.1 Å². The van der Waals surface area contributed by atoms with Gasteiger partial charge in [0.05, 0.1) is 13.2 Å². The zero-order chi connectivity index (χ0) is 13.8. The number of nitrogens with zero attached hydrogens (tertiary/aromatic N) is 2. The van der Waals surface area contributed by atoms with Gasteiger partial charge in [-0.2, -0.15) is 4.98 Å². The first-order chi connectivity index (χ1) is 9.86. The Kier molecular flexibility index (Phi) is 3.97. The summed E-state index contributed by atoms with van der Waals surface area (Å²) >= 11 is 0. The Bertz CT molecular complexity index is 543. The van der Waals surface area contributed by atoms with Crippen LogP contribution in [0.25, 0.3) is 11.4 Å². The molecule has 1 atom stereocenters. The Morgan fingerprint density at radius 3 is 2.85 bits per heavy atom. The first kappa shape index (κ1) is 13.1. The second-order valence-electron chi connectivity index (χ2n) is 5.04. The van der Waals surface area contributed by atoms with E-state index in [0.29, 0.717) is 11.7 Å². The molecule has 1 unspecified atom stereocenters. The highest BCUT2D eigenvalue weighted by Gasteiger charge is 2.20. The molecular weight excluding hydrogens is 254 g/mol. The second-order valence-corrected chi connectivity index (χ2v) is 5.04. The van der Waals surface area contributed by atoms with Crippen molar-refractivity contribution in [2.24, 2.45) is 0 Å². The van der Waals surface area contributed by atoms with Gasteiger partial charge in [-0.05, 0) is 43.7 Å². The van der Waals surface area contributed by atoms with Crippen LogP contribution in [0.15, 0.2) is 28.8 Å². The summed E-state index contributed by atoms with van der Waals surface area (Å²) in [6.45, 7) is 1.02. The van der Waals surface area contributed by atoms with E-state index in [-0.39, 0.29) is 6.04 Å². The molecule has 0 saturated carbocycles. The summed E-state index contributed by atoms with van der Waals surface area (Å²) in [5.41, 5.74) is 0.939. The third-order valence-electron chi connectivity index (χ3n) is 3.65. The molecule has 1 aromatic heterocycles. The molecule has 1 N–H and O–H groups in total. The molecule has 2 heterocycles.